The van der Waals surface area contributed by atoms with Crippen LogP contribution in [0.25, 0.3) is 6.08 Å². The first-order valence-electron chi connectivity index (χ1n) is 6.34. The van der Waals surface area contributed by atoms with Crippen LogP contribution in [0.15, 0.2) is 57.2 Å². The summed E-state index contributed by atoms with van der Waals surface area (Å²) in [7, 11) is -4.04. The van der Waals surface area contributed by atoms with Gasteiger partial charge in [-0.3, -0.25) is 0 Å². The summed E-state index contributed by atoms with van der Waals surface area (Å²) in [6.45, 7) is 0. The van der Waals surface area contributed by atoms with E-state index in [1.807, 2.05) is 18.4 Å². The summed E-state index contributed by atoms with van der Waals surface area (Å²) in [5.74, 6) is 0. The van der Waals surface area contributed by atoms with Crippen molar-refractivity contribution in [1.29, 1.82) is 5.26 Å². The van der Waals surface area contributed by atoms with Crippen molar-refractivity contribution >= 4 is 50.9 Å². The van der Waals surface area contributed by atoms with Crippen molar-refractivity contribution in [3.8, 4) is 6.07 Å². The van der Waals surface area contributed by atoms with E-state index in [9.17, 15) is 13.7 Å². The number of hydrogen-bond acceptors (Lipinski definition) is 4. The molecule has 0 atom stereocenters. The van der Waals surface area contributed by atoms with E-state index < -0.39 is 14.7 Å². The van der Waals surface area contributed by atoms with Gasteiger partial charge in [0.05, 0.1) is 9.92 Å². The maximum absolute atomic E-state index is 12.6. The molecule has 3 nitrogen and oxygen atoms in total. The van der Waals surface area contributed by atoms with Crippen LogP contribution in [0.2, 0.25) is 10.0 Å². The third-order valence-electron chi connectivity index (χ3n) is 3.00. The molecule has 0 saturated heterocycles. The van der Waals surface area contributed by atoms with Gasteiger partial charge in [-0.2, -0.15) is 5.26 Å². The van der Waals surface area contributed by atoms with E-state index in [1.54, 1.807) is 30.0 Å². The number of hydrogen-bond donors (Lipinski definition) is 0. The van der Waals surface area contributed by atoms with Crippen molar-refractivity contribution in [1.82, 2.24) is 0 Å². The second-order valence-electron chi connectivity index (χ2n) is 4.47. The Labute approximate surface area is 149 Å². The molecule has 23 heavy (non-hydrogen) atoms. The molecule has 2 aromatic carbocycles. The van der Waals surface area contributed by atoms with Crippen LogP contribution in [0.1, 0.15) is 5.56 Å². The van der Waals surface area contributed by atoms with Crippen LogP contribution in [0.4, 0.5) is 0 Å². The maximum Gasteiger partial charge on any atom is 0.218 e. The Morgan fingerprint density at radius 2 is 1.83 bits per heavy atom. The van der Waals surface area contributed by atoms with Gasteiger partial charge in [0.2, 0.25) is 9.84 Å². The summed E-state index contributed by atoms with van der Waals surface area (Å²) in [5.41, 5.74) is 0.612. The van der Waals surface area contributed by atoms with Gasteiger partial charge < -0.3 is 0 Å². The summed E-state index contributed by atoms with van der Waals surface area (Å²) in [6, 6.07) is 13.0. The fraction of sp³-hybridized carbons (Fsp3) is 0.0625. The third kappa shape index (κ3) is 4.10. The normalized spacial score (nSPS) is 12.0. The van der Waals surface area contributed by atoms with Gasteiger partial charge in [-0.1, -0.05) is 35.3 Å². The topological polar surface area (TPSA) is 57.9 Å². The molecule has 2 rings (SSSR count). The zero-order valence-corrected chi connectivity index (χ0v) is 15.1. The molecule has 0 saturated carbocycles. The Kier molecular flexibility index (Phi) is 5.77. The molecular formula is C16H11Cl2NO2S2. The van der Waals surface area contributed by atoms with Crippen LogP contribution in [0.5, 0.6) is 0 Å². The SMILES string of the molecule is CSc1ccc(/C=C(\C#N)S(=O)(=O)c2cc(Cl)ccc2Cl)cc1. The molecule has 0 bridgehead atoms. The average Bonchev–Trinajstić information content (AvgIpc) is 2.55. The van der Waals surface area contributed by atoms with Crippen molar-refractivity contribution < 1.29 is 8.42 Å². The molecule has 7 heteroatoms. The van der Waals surface area contributed by atoms with Crippen LogP contribution < -0.4 is 0 Å². The molecule has 0 amide bonds. The van der Waals surface area contributed by atoms with Crippen molar-refractivity contribution in [2.45, 2.75) is 9.79 Å². The predicted octanol–water partition coefficient (Wildman–Crippen LogP) is 5.05. The monoisotopic (exact) mass is 383 g/mol. The lowest BCUT2D eigenvalue weighted by Crippen LogP contribution is -2.04. The minimum Gasteiger partial charge on any atom is -0.218 e. The van der Waals surface area contributed by atoms with E-state index >= 15 is 0 Å². The van der Waals surface area contributed by atoms with Crippen LogP contribution >= 0.6 is 35.0 Å². The molecule has 0 aliphatic carbocycles. The smallest absolute Gasteiger partial charge is 0.218 e. The van der Waals surface area contributed by atoms with E-state index in [2.05, 4.69) is 0 Å². The van der Waals surface area contributed by atoms with E-state index in [4.69, 9.17) is 23.2 Å². The number of benzene rings is 2. The van der Waals surface area contributed by atoms with Gasteiger partial charge in [0.1, 0.15) is 11.0 Å². The molecule has 0 aromatic heterocycles. The molecule has 0 unspecified atom stereocenters. The minimum absolute atomic E-state index is 0.0216. The second kappa shape index (κ2) is 7.41. The number of nitrogens with zero attached hydrogens (tertiary/aromatic N) is 1. The summed E-state index contributed by atoms with van der Waals surface area (Å²) in [5, 5.41) is 9.52. The summed E-state index contributed by atoms with van der Waals surface area (Å²) in [4.78, 5) is 0.472. The Hall–Kier alpha value is -1.45. The molecule has 0 fully saturated rings. The summed E-state index contributed by atoms with van der Waals surface area (Å²) < 4.78 is 25.3. The Morgan fingerprint density at radius 1 is 1.17 bits per heavy atom. The van der Waals surface area contributed by atoms with Gasteiger partial charge in [0.25, 0.3) is 0 Å². The lowest BCUT2D eigenvalue weighted by molar-refractivity contribution is 0.603. The average molecular weight is 384 g/mol. The van der Waals surface area contributed by atoms with Crippen molar-refractivity contribution in [3.05, 3.63) is 63.0 Å². The molecule has 0 aliphatic rings. The molecule has 118 valence electrons. The lowest BCUT2D eigenvalue weighted by atomic mass is 10.2. The van der Waals surface area contributed by atoms with Gasteiger partial charge in [-0.25, -0.2) is 8.42 Å². The molecule has 0 N–H and O–H groups in total. The lowest BCUT2D eigenvalue weighted by Gasteiger charge is -2.06. The zero-order chi connectivity index (χ0) is 17.0. The van der Waals surface area contributed by atoms with Gasteiger partial charge in [0, 0.05) is 9.92 Å². The van der Waals surface area contributed by atoms with Crippen LogP contribution in [-0.2, 0) is 9.84 Å². The Bertz CT molecular complexity index is 899. The highest BCUT2D eigenvalue weighted by Gasteiger charge is 2.24. The highest BCUT2D eigenvalue weighted by atomic mass is 35.5. The molecule has 0 radical (unpaired) electrons. The first-order chi connectivity index (χ1) is 10.9. The van der Waals surface area contributed by atoms with Gasteiger partial charge in [0.15, 0.2) is 0 Å². The number of sulfone groups is 1. The summed E-state index contributed by atoms with van der Waals surface area (Å²) >= 11 is 13.4. The first-order valence-corrected chi connectivity index (χ1v) is 9.81. The minimum atomic E-state index is -4.04. The Balaban J connectivity index is 2.52. The predicted molar refractivity (Wildman–Crippen MR) is 95.5 cm³/mol. The quantitative estimate of drug-likeness (QED) is 0.547. The number of rotatable bonds is 4. The fourth-order valence-corrected chi connectivity index (χ4v) is 4.15. The van der Waals surface area contributed by atoms with Gasteiger partial charge in [-0.05, 0) is 48.2 Å². The van der Waals surface area contributed by atoms with Crippen molar-refractivity contribution in [3.63, 3.8) is 0 Å². The van der Waals surface area contributed by atoms with Crippen molar-refractivity contribution in [2.24, 2.45) is 0 Å². The van der Waals surface area contributed by atoms with Crippen LogP contribution in [-0.4, -0.2) is 14.7 Å². The number of thioether (sulfide) groups is 1. The summed E-state index contributed by atoms with van der Waals surface area (Å²) in [6.07, 6.45) is 3.26. The molecule has 0 heterocycles. The molecule has 0 spiro atoms. The Morgan fingerprint density at radius 3 is 2.39 bits per heavy atom. The standard InChI is InChI=1S/C16H11Cl2NO2S2/c1-22-13-5-2-11(3-6-13)8-14(10-19)23(20,21)16-9-12(17)4-7-15(16)18/h2-9H,1H3/b14-8+. The molecule has 0 aliphatic heterocycles. The van der Waals surface area contributed by atoms with E-state index in [0.717, 1.165) is 4.90 Å². The van der Waals surface area contributed by atoms with Crippen LogP contribution in [0.3, 0.4) is 0 Å². The zero-order valence-electron chi connectivity index (χ0n) is 12.0. The van der Waals surface area contributed by atoms with Crippen molar-refractivity contribution in [2.75, 3.05) is 6.26 Å². The highest BCUT2D eigenvalue weighted by molar-refractivity contribution is 7.98. The third-order valence-corrected chi connectivity index (χ3v) is 6.12. The second-order valence-corrected chi connectivity index (χ2v) is 8.08. The number of nitriles is 1. The van der Waals surface area contributed by atoms with E-state index in [-0.39, 0.29) is 14.9 Å². The van der Waals surface area contributed by atoms with Gasteiger partial charge in [-0.15, -0.1) is 11.8 Å². The first kappa shape index (κ1) is 17.9. The van der Waals surface area contributed by atoms with E-state index in [1.165, 1.54) is 24.3 Å². The molecular weight excluding hydrogens is 373 g/mol. The maximum atomic E-state index is 12.6. The highest BCUT2D eigenvalue weighted by Crippen LogP contribution is 2.30. The van der Waals surface area contributed by atoms with Crippen LogP contribution in [0, 0.1) is 11.3 Å². The molecule has 2 aromatic rings. The van der Waals surface area contributed by atoms with E-state index in [0.29, 0.717) is 5.56 Å². The number of halogens is 2. The largest absolute Gasteiger partial charge is 0.218 e. The van der Waals surface area contributed by atoms with Gasteiger partial charge >= 0.3 is 0 Å². The number of allylic oxidation sites excluding steroid dienone is 1. The fourth-order valence-electron chi connectivity index (χ4n) is 1.82.